The average molecular weight is 764 g/mol. The summed E-state index contributed by atoms with van der Waals surface area (Å²) in [5, 5.41) is 0. The first-order valence-electron chi connectivity index (χ1n) is 20.5. The Kier molecular flexibility index (Phi) is 37.3. The molecular weight excluding hydrogens is 689 g/mol. The van der Waals surface area contributed by atoms with Crippen molar-refractivity contribution in [2.45, 2.75) is 161 Å². The summed E-state index contributed by atoms with van der Waals surface area (Å²) in [5.41, 5.74) is 5.34. The topological polar surface area (TPSA) is 134 Å². The van der Waals surface area contributed by atoms with Gasteiger partial charge in [-0.05, 0) is 64.2 Å². The standard InChI is InChI=1S/C43H74NO8P/c1-3-5-7-9-11-13-15-17-19-20-22-24-26-28-30-32-34-36-43(46)52-41(40-51-53(47,48)50-38-37-44)39-49-42(45)35-33-31-29-27-25-23-21-18-16-14-12-10-8-6-4-2/h6,8,10-14,16-19,21,41H,3-5,7,9,15,20,22-40,44H2,1-2H3,(H,47,48)/b8-6+,12-10+,13-11+,16-14+,19-17+,21-18+/t41-/m1/s1. The highest BCUT2D eigenvalue weighted by atomic mass is 31.2. The minimum absolute atomic E-state index is 0.0446. The Labute approximate surface area is 322 Å². The summed E-state index contributed by atoms with van der Waals surface area (Å²) in [6.45, 7) is 3.51. The number of allylic oxidation sites excluding steroid dienone is 12. The lowest BCUT2D eigenvalue weighted by molar-refractivity contribution is -0.161. The van der Waals surface area contributed by atoms with Gasteiger partial charge in [0, 0.05) is 19.4 Å². The largest absolute Gasteiger partial charge is 0.472 e. The Hall–Kier alpha value is -2.55. The summed E-state index contributed by atoms with van der Waals surface area (Å²) >= 11 is 0. The molecule has 2 atom stereocenters. The third kappa shape index (κ3) is 39.0. The maximum Gasteiger partial charge on any atom is 0.472 e. The minimum atomic E-state index is -4.39. The van der Waals surface area contributed by atoms with E-state index in [-0.39, 0.29) is 32.6 Å². The molecule has 0 radical (unpaired) electrons. The summed E-state index contributed by atoms with van der Waals surface area (Å²) in [5.74, 6) is -0.872. The number of unbranched alkanes of at least 4 members (excludes halogenated alkanes) is 15. The van der Waals surface area contributed by atoms with E-state index < -0.39 is 32.5 Å². The van der Waals surface area contributed by atoms with Crippen LogP contribution in [0.2, 0.25) is 0 Å². The van der Waals surface area contributed by atoms with Crippen molar-refractivity contribution >= 4 is 19.8 Å². The van der Waals surface area contributed by atoms with E-state index in [2.05, 4.69) is 56.4 Å². The first-order valence-corrected chi connectivity index (χ1v) is 22.0. The van der Waals surface area contributed by atoms with E-state index in [1.165, 1.54) is 44.9 Å². The van der Waals surface area contributed by atoms with E-state index in [4.69, 9.17) is 24.3 Å². The van der Waals surface area contributed by atoms with E-state index in [1.807, 2.05) is 30.4 Å². The van der Waals surface area contributed by atoms with Crippen LogP contribution in [0.25, 0.3) is 0 Å². The van der Waals surface area contributed by atoms with Gasteiger partial charge < -0.3 is 20.1 Å². The Morgan fingerprint density at radius 2 is 1.11 bits per heavy atom. The van der Waals surface area contributed by atoms with Crippen LogP contribution in [0.15, 0.2) is 72.9 Å². The van der Waals surface area contributed by atoms with E-state index in [1.54, 1.807) is 0 Å². The summed E-state index contributed by atoms with van der Waals surface area (Å²) in [6.07, 6.45) is 46.4. The molecule has 53 heavy (non-hydrogen) atoms. The second-order valence-corrected chi connectivity index (χ2v) is 14.7. The van der Waals surface area contributed by atoms with Gasteiger partial charge in [-0.25, -0.2) is 4.57 Å². The molecule has 0 aliphatic carbocycles. The first kappa shape index (κ1) is 50.5. The zero-order chi connectivity index (χ0) is 38.9. The van der Waals surface area contributed by atoms with Crippen LogP contribution in [-0.2, 0) is 32.7 Å². The van der Waals surface area contributed by atoms with Crippen molar-refractivity contribution < 1.29 is 37.6 Å². The van der Waals surface area contributed by atoms with Gasteiger partial charge in [0.25, 0.3) is 0 Å². The van der Waals surface area contributed by atoms with Gasteiger partial charge in [0.2, 0.25) is 0 Å². The number of phosphoric ester groups is 1. The summed E-state index contributed by atoms with van der Waals surface area (Å²) in [7, 11) is -4.39. The fourth-order valence-corrected chi connectivity index (χ4v) is 5.91. The Balaban J connectivity index is 4.25. The monoisotopic (exact) mass is 764 g/mol. The van der Waals surface area contributed by atoms with Crippen LogP contribution >= 0.6 is 7.82 Å². The number of hydrogen-bond acceptors (Lipinski definition) is 8. The number of esters is 2. The maximum atomic E-state index is 12.6. The van der Waals surface area contributed by atoms with E-state index >= 15 is 0 Å². The maximum absolute atomic E-state index is 12.6. The summed E-state index contributed by atoms with van der Waals surface area (Å²) < 4.78 is 32.7. The number of hydrogen-bond donors (Lipinski definition) is 2. The van der Waals surface area contributed by atoms with Crippen LogP contribution in [0, 0.1) is 0 Å². The number of ether oxygens (including phenoxy) is 2. The smallest absolute Gasteiger partial charge is 0.462 e. The van der Waals surface area contributed by atoms with Crippen LogP contribution in [0.4, 0.5) is 0 Å². The lowest BCUT2D eigenvalue weighted by atomic mass is 10.1. The van der Waals surface area contributed by atoms with Gasteiger partial charge in [-0.15, -0.1) is 0 Å². The molecule has 0 saturated heterocycles. The molecule has 0 aliphatic rings. The number of carbonyl (C=O) groups is 2. The Morgan fingerprint density at radius 3 is 1.70 bits per heavy atom. The fraction of sp³-hybridized carbons (Fsp3) is 0.674. The molecule has 0 aromatic heterocycles. The van der Waals surface area contributed by atoms with Crippen molar-refractivity contribution in [3.05, 3.63) is 72.9 Å². The number of carbonyl (C=O) groups excluding carboxylic acids is 2. The predicted octanol–water partition coefficient (Wildman–Crippen LogP) is 11.5. The normalized spacial score (nSPS) is 14.1. The molecule has 0 saturated carbocycles. The van der Waals surface area contributed by atoms with Gasteiger partial charge >= 0.3 is 19.8 Å². The van der Waals surface area contributed by atoms with Gasteiger partial charge in [0.15, 0.2) is 6.10 Å². The molecule has 0 aliphatic heterocycles. The molecule has 3 N–H and O–H groups in total. The third-order valence-corrected chi connectivity index (χ3v) is 9.16. The third-order valence-electron chi connectivity index (χ3n) is 8.17. The highest BCUT2D eigenvalue weighted by Gasteiger charge is 2.25. The molecule has 0 rings (SSSR count). The van der Waals surface area contributed by atoms with Crippen LogP contribution in [0.3, 0.4) is 0 Å². The molecule has 0 spiro atoms. The summed E-state index contributed by atoms with van der Waals surface area (Å²) in [6, 6.07) is 0. The van der Waals surface area contributed by atoms with Crippen LogP contribution in [0.1, 0.15) is 155 Å². The van der Waals surface area contributed by atoms with E-state index in [9.17, 15) is 19.0 Å². The SMILES string of the molecule is CC/C=C/C=C/C=C/C=C/CCCCCCCC(=O)OC[C@H](COP(=O)(O)OCCN)OC(=O)CCCCCCCCC/C=C/C/C=C/CCCCC. The number of phosphoric acid groups is 1. The quantitative estimate of drug-likeness (QED) is 0.0208. The van der Waals surface area contributed by atoms with Crippen LogP contribution < -0.4 is 5.73 Å². The zero-order valence-electron chi connectivity index (χ0n) is 33.2. The minimum Gasteiger partial charge on any atom is -0.462 e. The van der Waals surface area contributed by atoms with Crippen molar-refractivity contribution in [1.29, 1.82) is 0 Å². The van der Waals surface area contributed by atoms with Crippen molar-refractivity contribution in [3.63, 3.8) is 0 Å². The fourth-order valence-electron chi connectivity index (χ4n) is 5.14. The predicted molar refractivity (Wildman–Crippen MR) is 219 cm³/mol. The van der Waals surface area contributed by atoms with Gasteiger partial charge in [-0.2, -0.15) is 0 Å². The first-order chi connectivity index (χ1) is 25.8. The van der Waals surface area contributed by atoms with Crippen molar-refractivity contribution in [2.75, 3.05) is 26.4 Å². The van der Waals surface area contributed by atoms with Gasteiger partial charge in [0.05, 0.1) is 13.2 Å². The number of rotatable bonds is 37. The van der Waals surface area contributed by atoms with Crippen molar-refractivity contribution in [2.24, 2.45) is 5.73 Å². The molecule has 0 heterocycles. The molecule has 1 unspecified atom stereocenters. The Morgan fingerprint density at radius 1 is 0.604 bits per heavy atom. The molecule has 0 bridgehead atoms. The second-order valence-electron chi connectivity index (χ2n) is 13.2. The van der Waals surface area contributed by atoms with Gasteiger partial charge in [0.1, 0.15) is 6.61 Å². The second kappa shape index (κ2) is 39.2. The molecule has 10 heteroatoms. The van der Waals surface area contributed by atoms with Gasteiger partial charge in [-0.1, -0.05) is 151 Å². The number of nitrogens with two attached hydrogens (primary N) is 1. The zero-order valence-corrected chi connectivity index (χ0v) is 34.1. The average Bonchev–Trinajstić information content (AvgIpc) is 3.14. The van der Waals surface area contributed by atoms with Crippen LogP contribution in [-0.4, -0.2) is 49.3 Å². The van der Waals surface area contributed by atoms with E-state index in [0.29, 0.717) is 12.8 Å². The highest BCUT2D eigenvalue weighted by Crippen LogP contribution is 2.43. The van der Waals surface area contributed by atoms with Gasteiger partial charge in [-0.3, -0.25) is 18.6 Å². The molecule has 9 nitrogen and oxygen atoms in total. The highest BCUT2D eigenvalue weighted by molar-refractivity contribution is 7.47. The van der Waals surface area contributed by atoms with Crippen LogP contribution in [0.5, 0.6) is 0 Å². The molecule has 0 aromatic carbocycles. The van der Waals surface area contributed by atoms with Crippen molar-refractivity contribution in [1.82, 2.24) is 0 Å². The lowest BCUT2D eigenvalue weighted by Gasteiger charge is -2.19. The molecule has 304 valence electrons. The molecular formula is C43H74NO8P. The molecule has 0 fully saturated rings. The summed E-state index contributed by atoms with van der Waals surface area (Å²) in [4.78, 5) is 34.8. The van der Waals surface area contributed by atoms with E-state index in [0.717, 1.165) is 70.6 Å². The lowest BCUT2D eigenvalue weighted by Crippen LogP contribution is -2.29. The molecule has 0 amide bonds. The Bertz CT molecular complexity index is 1100. The molecule has 0 aromatic rings. The van der Waals surface area contributed by atoms with Crippen molar-refractivity contribution in [3.8, 4) is 0 Å².